The molecule has 0 aromatic heterocycles. The van der Waals surface area contributed by atoms with Crippen molar-refractivity contribution < 1.29 is 0 Å². The van der Waals surface area contributed by atoms with Crippen molar-refractivity contribution in [3.05, 3.63) is 29.8 Å². The molecular formula is C11H17N2. The second kappa shape index (κ2) is 4.28. The summed E-state index contributed by atoms with van der Waals surface area (Å²) in [6, 6.07) is 9.44. The normalized spacial score (nSPS) is 10.5. The summed E-state index contributed by atoms with van der Waals surface area (Å²) in [5.41, 5.74) is 2.46. The third kappa shape index (κ3) is 3.07. The molecule has 1 aromatic rings. The van der Waals surface area contributed by atoms with Gasteiger partial charge in [-0.25, -0.2) is 0 Å². The van der Waals surface area contributed by atoms with Crippen molar-refractivity contribution in [3.63, 3.8) is 0 Å². The van der Waals surface area contributed by atoms with Gasteiger partial charge in [-0.05, 0) is 25.7 Å². The molecule has 1 aromatic carbocycles. The summed E-state index contributed by atoms with van der Waals surface area (Å²) in [5, 5.41) is 0. The van der Waals surface area contributed by atoms with Gasteiger partial charge in [0.25, 0.3) is 0 Å². The van der Waals surface area contributed by atoms with Gasteiger partial charge >= 0.3 is 0 Å². The van der Waals surface area contributed by atoms with E-state index in [0.717, 1.165) is 12.2 Å². The number of hydrogen-bond acceptors (Lipinski definition) is 2. The van der Waals surface area contributed by atoms with Crippen LogP contribution in [0.3, 0.4) is 0 Å². The Morgan fingerprint density at radius 1 is 1.23 bits per heavy atom. The fourth-order valence-electron chi connectivity index (χ4n) is 1.22. The summed E-state index contributed by atoms with van der Waals surface area (Å²) >= 11 is 0. The van der Waals surface area contributed by atoms with Crippen molar-refractivity contribution in [1.82, 2.24) is 4.90 Å². The Morgan fingerprint density at radius 2 is 1.92 bits per heavy atom. The number of anilines is 1. The van der Waals surface area contributed by atoms with Crippen LogP contribution in [0.1, 0.15) is 5.56 Å². The summed E-state index contributed by atoms with van der Waals surface area (Å²) in [7, 11) is 8.22. The highest BCUT2D eigenvalue weighted by Gasteiger charge is 1.98. The van der Waals surface area contributed by atoms with E-state index in [4.69, 9.17) is 0 Å². The van der Waals surface area contributed by atoms with E-state index in [9.17, 15) is 0 Å². The highest BCUT2D eigenvalue weighted by atomic mass is 15.1. The molecule has 1 rings (SSSR count). The lowest BCUT2D eigenvalue weighted by molar-refractivity contribution is 0.402. The van der Waals surface area contributed by atoms with E-state index in [1.54, 1.807) is 0 Å². The van der Waals surface area contributed by atoms with Gasteiger partial charge in [0, 0.05) is 32.4 Å². The first-order chi connectivity index (χ1) is 6.09. The Kier molecular flexibility index (Phi) is 3.32. The maximum atomic E-state index is 3.19. The Balaban J connectivity index is 2.79. The van der Waals surface area contributed by atoms with Crippen molar-refractivity contribution in [2.45, 2.75) is 6.54 Å². The third-order valence-corrected chi connectivity index (χ3v) is 1.83. The van der Waals surface area contributed by atoms with Crippen molar-refractivity contribution in [1.29, 1.82) is 0 Å². The van der Waals surface area contributed by atoms with E-state index in [0.29, 0.717) is 0 Å². The Hall–Kier alpha value is -1.02. The zero-order valence-electron chi connectivity index (χ0n) is 8.83. The molecule has 0 atom stereocenters. The highest BCUT2D eigenvalue weighted by molar-refractivity contribution is 5.45. The lowest BCUT2D eigenvalue weighted by Crippen LogP contribution is -2.12. The minimum atomic E-state index is 0.982. The van der Waals surface area contributed by atoms with Crippen LogP contribution >= 0.6 is 0 Å². The van der Waals surface area contributed by atoms with E-state index >= 15 is 0 Å². The van der Waals surface area contributed by atoms with Gasteiger partial charge in [-0.15, -0.1) is 0 Å². The zero-order chi connectivity index (χ0) is 9.84. The van der Waals surface area contributed by atoms with Gasteiger partial charge in [-0.2, -0.15) is 0 Å². The number of rotatable bonds is 3. The highest BCUT2D eigenvalue weighted by Crippen LogP contribution is 2.13. The molecule has 0 saturated heterocycles. The Bertz CT molecular complexity index is 267. The molecule has 71 valence electrons. The molecule has 0 amide bonds. The quantitative estimate of drug-likeness (QED) is 0.692. The average molecular weight is 177 g/mol. The lowest BCUT2D eigenvalue weighted by atomic mass is 10.2. The fourth-order valence-corrected chi connectivity index (χ4v) is 1.22. The fraction of sp³-hybridized carbons (Fsp3) is 0.455. The van der Waals surface area contributed by atoms with E-state index in [-0.39, 0.29) is 0 Å². The summed E-state index contributed by atoms with van der Waals surface area (Å²) in [6.07, 6.45) is 0. The SMILES string of the molecule is CN(C)Cc1cc[c]c(N(C)C)c1. The molecule has 2 heteroatoms. The lowest BCUT2D eigenvalue weighted by Gasteiger charge is -2.15. The molecule has 0 unspecified atom stereocenters. The standard InChI is InChI=1S/C11H17N2/c1-12(2)9-10-6-5-7-11(8-10)13(3)4/h5-6,8H,9H2,1-4H3. The summed E-state index contributed by atoms with van der Waals surface area (Å²) in [5.74, 6) is 0. The summed E-state index contributed by atoms with van der Waals surface area (Å²) in [6.45, 7) is 0.982. The average Bonchev–Trinajstić information content (AvgIpc) is 2.03. The van der Waals surface area contributed by atoms with E-state index in [1.807, 2.05) is 20.2 Å². The Morgan fingerprint density at radius 3 is 2.46 bits per heavy atom. The minimum Gasteiger partial charge on any atom is -0.377 e. The number of benzene rings is 1. The Labute approximate surface area is 80.8 Å². The van der Waals surface area contributed by atoms with Crippen molar-refractivity contribution in [3.8, 4) is 0 Å². The molecule has 0 saturated carbocycles. The predicted octanol–water partition coefficient (Wildman–Crippen LogP) is 1.61. The van der Waals surface area contributed by atoms with Crippen LogP contribution in [0.2, 0.25) is 0 Å². The van der Waals surface area contributed by atoms with Gasteiger partial charge in [0.2, 0.25) is 0 Å². The van der Waals surface area contributed by atoms with Crippen LogP contribution in [0, 0.1) is 6.07 Å². The predicted molar refractivity (Wildman–Crippen MR) is 57.0 cm³/mol. The molecule has 0 bridgehead atoms. The van der Waals surface area contributed by atoms with Crippen LogP contribution in [0.15, 0.2) is 18.2 Å². The largest absolute Gasteiger partial charge is 0.377 e. The molecule has 0 fully saturated rings. The van der Waals surface area contributed by atoms with E-state index in [1.165, 1.54) is 5.56 Å². The van der Waals surface area contributed by atoms with Crippen molar-refractivity contribution in [2.75, 3.05) is 33.1 Å². The van der Waals surface area contributed by atoms with E-state index in [2.05, 4.69) is 42.1 Å². The van der Waals surface area contributed by atoms with Crippen LogP contribution in [0.5, 0.6) is 0 Å². The summed E-state index contributed by atoms with van der Waals surface area (Å²) in [4.78, 5) is 4.23. The molecular weight excluding hydrogens is 160 g/mol. The maximum Gasteiger partial charge on any atom is 0.0444 e. The molecule has 2 nitrogen and oxygen atoms in total. The molecule has 0 aliphatic heterocycles. The van der Waals surface area contributed by atoms with Gasteiger partial charge in [0.05, 0.1) is 0 Å². The minimum absolute atomic E-state index is 0.982. The first-order valence-electron chi connectivity index (χ1n) is 4.42. The van der Waals surface area contributed by atoms with E-state index < -0.39 is 0 Å². The van der Waals surface area contributed by atoms with Gasteiger partial charge in [0.15, 0.2) is 0 Å². The van der Waals surface area contributed by atoms with Crippen molar-refractivity contribution in [2.24, 2.45) is 0 Å². The summed E-state index contributed by atoms with van der Waals surface area (Å²) < 4.78 is 0. The maximum absolute atomic E-state index is 3.19. The molecule has 13 heavy (non-hydrogen) atoms. The molecule has 0 heterocycles. The molecule has 0 aliphatic rings. The van der Waals surface area contributed by atoms with Gasteiger partial charge < -0.3 is 9.80 Å². The van der Waals surface area contributed by atoms with Gasteiger partial charge in [-0.1, -0.05) is 12.1 Å². The second-order valence-corrected chi connectivity index (χ2v) is 3.71. The second-order valence-electron chi connectivity index (χ2n) is 3.71. The third-order valence-electron chi connectivity index (χ3n) is 1.83. The molecule has 0 N–H and O–H groups in total. The van der Waals surface area contributed by atoms with Crippen LogP contribution in [-0.2, 0) is 6.54 Å². The zero-order valence-corrected chi connectivity index (χ0v) is 8.83. The van der Waals surface area contributed by atoms with Crippen LogP contribution in [-0.4, -0.2) is 33.1 Å². The number of hydrogen-bond donors (Lipinski definition) is 0. The van der Waals surface area contributed by atoms with Gasteiger partial charge in [0.1, 0.15) is 0 Å². The topological polar surface area (TPSA) is 6.48 Å². The van der Waals surface area contributed by atoms with Crippen LogP contribution < -0.4 is 4.90 Å². The first kappa shape index (κ1) is 10.1. The molecule has 0 spiro atoms. The van der Waals surface area contributed by atoms with Gasteiger partial charge in [-0.3, -0.25) is 0 Å². The smallest absolute Gasteiger partial charge is 0.0444 e. The molecule has 0 aliphatic carbocycles. The van der Waals surface area contributed by atoms with Crippen LogP contribution in [0.25, 0.3) is 0 Å². The van der Waals surface area contributed by atoms with Crippen molar-refractivity contribution >= 4 is 5.69 Å². The van der Waals surface area contributed by atoms with Crippen LogP contribution in [0.4, 0.5) is 5.69 Å². The number of nitrogens with zero attached hydrogens (tertiary/aromatic N) is 2. The molecule has 1 radical (unpaired) electrons. The first-order valence-corrected chi connectivity index (χ1v) is 4.42. The monoisotopic (exact) mass is 177 g/mol.